The van der Waals surface area contributed by atoms with Gasteiger partial charge in [0.1, 0.15) is 29.2 Å². The van der Waals surface area contributed by atoms with Crippen molar-refractivity contribution in [2.24, 2.45) is 0 Å². The number of nitrogens with one attached hydrogen (secondary N) is 1. The SMILES string of the molecule is N#Cc1cnn2c1NC1=C(C(=O)CCC1)[C@@H]2c1cccc(O)c1. The second kappa shape index (κ2) is 4.99. The third kappa shape index (κ3) is 2.01. The predicted octanol–water partition coefficient (Wildman–Crippen LogP) is 2.48. The molecule has 1 atom stereocenters. The van der Waals surface area contributed by atoms with Crippen LogP contribution in [0.2, 0.25) is 0 Å². The summed E-state index contributed by atoms with van der Waals surface area (Å²) in [6.07, 6.45) is 3.58. The van der Waals surface area contributed by atoms with Gasteiger partial charge in [-0.1, -0.05) is 12.1 Å². The van der Waals surface area contributed by atoms with Gasteiger partial charge in [-0.25, -0.2) is 4.68 Å². The number of hydrogen-bond donors (Lipinski definition) is 2. The summed E-state index contributed by atoms with van der Waals surface area (Å²) in [4.78, 5) is 12.5. The molecule has 114 valence electrons. The van der Waals surface area contributed by atoms with Crippen LogP contribution in [0.25, 0.3) is 0 Å². The lowest BCUT2D eigenvalue weighted by atomic mass is 9.85. The molecule has 2 heterocycles. The van der Waals surface area contributed by atoms with Gasteiger partial charge in [0, 0.05) is 17.7 Å². The highest BCUT2D eigenvalue weighted by molar-refractivity contribution is 5.99. The van der Waals surface area contributed by atoms with Gasteiger partial charge in [-0.15, -0.1) is 0 Å². The van der Waals surface area contributed by atoms with E-state index in [1.165, 1.54) is 6.20 Å². The van der Waals surface area contributed by atoms with Gasteiger partial charge in [0.15, 0.2) is 5.78 Å². The van der Waals surface area contributed by atoms with Crippen LogP contribution in [0.1, 0.15) is 36.4 Å². The van der Waals surface area contributed by atoms with Gasteiger partial charge in [0.05, 0.1) is 6.20 Å². The normalized spacial score (nSPS) is 19.6. The van der Waals surface area contributed by atoms with Crippen LogP contribution in [0.5, 0.6) is 5.75 Å². The molecule has 0 saturated carbocycles. The van der Waals surface area contributed by atoms with Crippen molar-refractivity contribution in [1.29, 1.82) is 5.26 Å². The number of phenolic OH excluding ortho intramolecular Hbond substituents is 1. The first-order valence-electron chi connectivity index (χ1n) is 7.49. The van der Waals surface area contributed by atoms with Crippen molar-refractivity contribution in [3.63, 3.8) is 0 Å². The van der Waals surface area contributed by atoms with E-state index in [1.807, 2.05) is 6.07 Å². The largest absolute Gasteiger partial charge is 0.508 e. The Balaban J connectivity index is 1.96. The molecule has 6 heteroatoms. The molecule has 1 aromatic heterocycles. The summed E-state index contributed by atoms with van der Waals surface area (Å²) >= 11 is 0. The first kappa shape index (κ1) is 13.6. The van der Waals surface area contributed by atoms with Gasteiger partial charge in [0.2, 0.25) is 0 Å². The number of aromatic nitrogens is 2. The number of rotatable bonds is 1. The van der Waals surface area contributed by atoms with E-state index in [-0.39, 0.29) is 11.5 Å². The number of allylic oxidation sites excluding steroid dienone is 2. The molecule has 1 aliphatic heterocycles. The van der Waals surface area contributed by atoms with Crippen LogP contribution in [0, 0.1) is 11.3 Å². The minimum absolute atomic E-state index is 0.0896. The molecule has 6 nitrogen and oxygen atoms in total. The number of nitrogens with zero attached hydrogens (tertiary/aromatic N) is 3. The summed E-state index contributed by atoms with van der Waals surface area (Å²) < 4.78 is 1.66. The molecule has 0 spiro atoms. The fraction of sp³-hybridized carbons (Fsp3) is 0.235. The molecule has 4 rings (SSSR count). The number of aromatic hydroxyl groups is 1. The summed E-state index contributed by atoms with van der Waals surface area (Å²) in [7, 11) is 0. The Hall–Kier alpha value is -3.07. The van der Waals surface area contributed by atoms with E-state index in [1.54, 1.807) is 22.9 Å². The topological polar surface area (TPSA) is 90.9 Å². The number of Topliss-reactive ketones (excluding diaryl/α,β-unsaturated/α-hetero) is 1. The molecule has 2 N–H and O–H groups in total. The van der Waals surface area contributed by atoms with Gasteiger partial charge >= 0.3 is 0 Å². The van der Waals surface area contributed by atoms with E-state index in [2.05, 4.69) is 16.5 Å². The van der Waals surface area contributed by atoms with Crippen LogP contribution in [0.3, 0.4) is 0 Å². The van der Waals surface area contributed by atoms with Crippen molar-refractivity contribution in [1.82, 2.24) is 9.78 Å². The lowest BCUT2D eigenvalue weighted by Crippen LogP contribution is -2.31. The summed E-state index contributed by atoms with van der Waals surface area (Å²) in [5, 5.41) is 26.6. The lowest BCUT2D eigenvalue weighted by molar-refractivity contribution is -0.116. The van der Waals surface area contributed by atoms with Gasteiger partial charge in [-0.3, -0.25) is 4.79 Å². The zero-order valence-corrected chi connectivity index (χ0v) is 12.3. The second-order valence-electron chi connectivity index (χ2n) is 5.75. The van der Waals surface area contributed by atoms with Crippen LogP contribution < -0.4 is 5.32 Å². The number of nitriles is 1. The highest BCUT2D eigenvalue weighted by Crippen LogP contribution is 2.41. The molecule has 1 aliphatic carbocycles. The number of hydrogen-bond acceptors (Lipinski definition) is 5. The van der Waals surface area contributed by atoms with Crippen LogP contribution in [-0.4, -0.2) is 20.7 Å². The maximum absolute atomic E-state index is 12.5. The number of ketones is 1. The fourth-order valence-electron chi connectivity index (χ4n) is 3.34. The zero-order chi connectivity index (χ0) is 16.0. The number of benzene rings is 1. The van der Waals surface area contributed by atoms with Crippen molar-refractivity contribution in [2.75, 3.05) is 5.32 Å². The third-order valence-electron chi connectivity index (χ3n) is 4.35. The predicted molar refractivity (Wildman–Crippen MR) is 82.7 cm³/mol. The first-order valence-corrected chi connectivity index (χ1v) is 7.49. The molecule has 0 amide bonds. The average Bonchev–Trinajstić information content (AvgIpc) is 2.95. The molecule has 0 unspecified atom stereocenters. The van der Waals surface area contributed by atoms with E-state index in [0.29, 0.717) is 23.4 Å². The molecule has 2 aliphatic rings. The Morgan fingerprint density at radius 1 is 1.39 bits per heavy atom. The molecule has 23 heavy (non-hydrogen) atoms. The monoisotopic (exact) mass is 306 g/mol. The highest BCUT2D eigenvalue weighted by Gasteiger charge is 2.36. The fourth-order valence-corrected chi connectivity index (χ4v) is 3.34. The number of phenols is 1. The lowest BCUT2D eigenvalue weighted by Gasteiger charge is -2.33. The number of carbonyl (C=O) groups is 1. The van der Waals surface area contributed by atoms with Crippen LogP contribution >= 0.6 is 0 Å². The maximum atomic E-state index is 12.5. The molecule has 0 fully saturated rings. The Bertz CT molecular complexity index is 888. The minimum atomic E-state index is -0.414. The number of anilines is 1. The van der Waals surface area contributed by atoms with Gasteiger partial charge in [-0.05, 0) is 30.5 Å². The molecule has 0 radical (unpaired) electrons. The van der Waals surface area contributed by atoms with Crippen molar-refractivity contribution in [2.45, 2.75) is 25.3 Å². The van der Waals surface area contributed by atoms with E-state index in [9.17, 15) is 15.2 Å². The Labute approximate surface area is 132 Å². The van der Waals surface area contributed by atoms with Crippen LogP contribution in [0.15, 0.2) is 41.7 Å². The summed E-state index contributed by atoms with van der Waals surface area (Å²) in [6, 6.07) is 8.54. The van der Waals surface area contributed by atoms with Crippen molar-refractivity contribution >= 4 is 11.6 Å². The molecule has 0 saturated heterocycles. The molecule has 0 bridgehead atoms. The maximum Gasteiger partial charge on any atom is 0.163 e. The van der Waals surface area contributed by atoms with E-state index < -0.39 is 6.04 Å². The van der Waals surface area contributed by atoms with Crippen molar-refractivity contribution in [3.05, 3.63) is 52.9 Å². The van der Waals surface area contributed by atoms with Crippen LogP contribution in [-0.2, 0) is 4.79 Å². The summed E-state index contributed by atoms with van der Waals surface area (Å²) in [5.41, 5.74) is 2.77. The third-order valence-corrected chi connectivity index (χ3v) is 4.35. The quantitative estimate of drug-likeness (QED) is 0.844. The Morgan fingerprint density at radius 3 is 3.04 bits per heavy atom. The van der Waals surface area contributed by atoms with E-state index >= 15 is 0 Å². The number of carbonyl (C=O) groups excluding carboxylic acids is 1. The summed E-state index contributed by atoms with van der Waals surface area (Å²) in [6.45, 7) is 0. The zero-order valence-electron chi connectivity index (χ0n) is 12.3. The second-order valence-corrected chi connectivity index (χ2v) is 5.75. The first-order chi connectivity index (χ1) is 11.2. The van der Waals surface area contributed by atoms with Crippen molar-refractivity contribution < 1.29 is 9.90 Å². The van der Waals surface area contributed by atoms with Gasteiger partial charge in [-0.2, -0.15) is 10.4 Å². The van der Waals surface area contributed by atoms with Gasteiger partial charge in [0.25, 0.3) is 0 Å². The average molecular weight is 306 g/mol. The smallest absolute Gasteiger partial charge is 0.163 e. The van der Waals surface area contributed by atoms with Crippen molar-refractivity contribution in [3.8, 4) is 11.8 Å². The highest BCUT2D eigenvalue weighted by atomic mass is 16.3. The molecular weight excluding hydrogens is 292 g/mol. The molecule has 2 aromatic rings. The van der Waals surface area contributed by atoms with E-state index in [4.69, 9.17) is 0 Å². The van der Waals surface area contributed by atoms with E-state index in [0.717, 1.165) is 24.1 Å². The number of fused-ring (bicyclic) bond motifs is 1. The molecule has 1 aromatic carbocycles. The van der Waals surface area contributed by atoms with Crippen LogP contribution in [0.4, 0.5) is 5.82 Å². The Kier molecular flexibility index (Phi) is 2.95. The molecular formula is C17H14N4O2. The minimum Gasteiger partial charge on any atom is -0.508 e. The standard InChI is InChI=1S/C17H14N4O2/c18-8-11-9-19-21-16(10-3-1-4-12(22)7-10)15-13(20-17(11)21)5-2-6-14(15)23/h1,3-4,7,9,16,20,22H,2,5-6H2/t16-/m0/s1. The van der Waals surface area contributed by atoms with Gasteiger partial charge < -0.3 is 10.4 Å². The Morgan fingerprint density at radius 2 is 2.26 bits per heavy atom. The summed E-state index contributed by atoms with van der Waals surface area (Å²) in [5.74, 6) is 0.835.